The van der Waals surface area contributed by atoms with Crippen molar-refractivity contribution in [2.75, 3.05) is 0 Å². The molecule has 0 aliphatic carbocycles. The first-order valence-electron chi connectivity index (χ1n) is 6.93. The minimum atomic E-state index is -1.19. The van der Waals surface area contributed by atoms with Crippen molar-refractivity contribution in [2.24, 2.45) is 0 Å². The molecule has 0 bridgehead atoms. The Morgan fingerprint density at radius 3 is 2.52 bits per heavy atom. The van der Waals surface area contributed by atoms with E-state index in [-0.39, 0.29) is 6.61 Å². The summed E-state index contributed by atoms with van der Waals surface area (Å²) in [7, 11) is 0. The number of amides is 1. The molecule has 0 aliphatic rings. The monoisotopic (exact) mass is 377 g/mol. The highest BCUT2D eigenvalue weighted by molar-refractivity contribution is 9.10. The molecule has 2 aromatic carbocycles. The number of nitrogens with one attached hydrogen (secondary N) is 1. The molecule has 0 aromatic heterocycles. The molecule has 0 aliphatic heterocycles. The van der Waals surface area contributed by atoms with Crippen LogP contribution < -0.4 is 5.32 Å². The Bertz CT molecular complexity index is 703. The van der Waals surface area contributed by atoms with Gasteiger partial charge in [-0.25, -0.2) is 9.59 Å². The summed E-state index contributed by atoms with van der Waals surface area (Å²) in [6.45, 7) is 1.97. The normalized spacial score (nSPS) is 11.6. The van der Waals surface area contributed by atoms with E-state index < -0.39 is 18.1 Å². The van der Waals surface area contributed by atoms with Gasteiger partial charge in [0.15, 0.2) is 6.04 Å². The molecular weight excluding hydrogens is 362 g/mol. The maximum atomic E-state index is 11.9. The smallest absolute Gasteiger partial charge is 0.408 e. The molecule has 1 atom stereocenters. The number of halogens is 1. The van der Waals surface area contributed by atoms with Crippen molar-refractivity contribution in [1.82, 2.24) is 5.32 Å². The predicted molar refractivity (Wildman–Crippen MR) is 89.0 cm³/mol. The summed E-state index contributed by atoms with van der Waals surface area (Å²) < 4.78 is 5.68. The molecule has 0 heterocycles. The van der Waals surface area contributed by atoms with Crippen molar-refractivity contribution in [1.29, 1.82) is 0 Å². The minimum Gasteiger partial charge on any atom is -0.479 e. The van der Waals surface area contributed by atoms with E-state index in [4.69, 9.17) is 4.74 Å². The Labute approximate surface area is 142 Å². The van der Waals surface area contributed by atoms with Crippen LogP contribution in [0.3, 0.4) is 0 Å². The minimum absolute atomic E-state index is 0.0775. The van der Waals surface area contributed by atoms with Crippen molar-refractivity contribution in [2.45, 2.75) is 19.6 Å². The molecular formula is C17H16BrNO4. The Hall–Kier alpha value is -2.34. The van der Waals surface area contributed by atoms with E-state index in [0.717, 1.165) is 11.1 Å². The number of hydrogen-bond donors (Lipinski definition) is 2. The summed E-state index contributed by atoms with van der Waals surface area (Å²) in [5.41, 5.74) is 2.27. The van der Waals surface area contributed by atoms with Gasteiger partial charge in [0, 0.05) is 4.47 Å². The van der Waals surface area contributed by atoms with Crippen LogP contribution in [-0.2, 0) is 16.1 Å². The van der Waals surface area contributed by atoms with E-state index >= 15 is 0 Å². The summed E-state index contributed by atoms with van der Waals surface area (Å²) in [6.07, 6.45) is -0.784. The van der Waals surface area contributed by atoms with Gasteiger partial charge in [-0.1, -0.05) is 58.4 Å². The number of hydrogen-bond acceptors (Lipinski definition) is 3. The topological polar surface area (TPSA) is 75.6 Å². The zero-order valence-corrected chi connectivity index (χ0v) is 14.0. The Balaban J connectivity index is 2.04. The van der Waals surface area contributed by atoms with E-state index in [2.05, 4.69) is 21.2 Å². The first kappa shape index (κ1) is 17.0. The van der Waals surface area contributed by atoms with E-state index in [1.54, 1.807) is 18.2 Å². The van der Waals surface area contributed by atoms with E-state index in [9.17, 15) is 14.7 Å². The van der Waals surface area contributed by atoms with Crippen molar-refractivity contribution >= 4 is 28.0 Å². The quantitative estimate of drug-likeness (QED) is 0.830. The number of ether oxygens (including phenoxy) is 1. The highest BCUT2D eigenvalue weighted by Crippen LogP contribution is 2.25. The molecule has 23 heavy (non-hydrogen) atoms. The Morgan fingerprint density at radius 2 is 1.91 bits per heavy atom. The molecule has 0 fully saturated rings. The number of carboxylic acid groups (broad SMARTS) is 1. The second-order valence-electron chi connectivity index (χ2n) is 5.00. The van der Waals surface area contributed by atoms with Crippen LogP contribution in [0.25, 0.3) is 0 Å². The van der Waals surface area contributed by atoms with Gasteiger partial charge in [-0.2, -0.15) is 0 Å². The van der Waals surface area contributed by atoms with Gasteiger partial charge < -0.3 is 15.2 Å². The number of aliphatic carboxylic acids is 1. The summed E-state index contributed by atoms with van der Waals surface area (Å²) in [5.74, 6) is -1.16. The summed E-state index contributed by atoms with van der Waals surface area (Å²) in [4.78, 5) is 23.3. The number of benzene rings is 2. The second kappa shape index (κ2) is 7.78. The average molecular weight is 378 g/mol. The lowest BCUT2D eigenvalue weighted by Gasteiger charge is -2.16. The molecule has 120 valence electrons. The highest BCUT2D eigenvalue weighted by Gasteiger charge is 2.24. The zero-order chi connectivity index (χ0) is 16.8. The number of carbonyl (C=O) groups excluding carboxylic acids is 1. The first-order valence-corrected chi connectivity index (χ1v) is 7.72. The molecule has 0 saturated heterocycles. The maximum absolute atomic E-state index is 11.9. The lowest BCUT2D eigenvalue weighted by molar-refractivity contribution is -0.139. The van der Waals surface area contributed by atoms with E-state index in [1.807, 2.05) is 37.3 Å². The SMILES string of the molecule is Cc1ccc(C(NC(=O)OCc2ccccc2)C(=O)O)c(Br)c1. The average Bonchev–Trinajstić information content (AvgIpc) is 2.52. The van der Waals surface area contributed by atoms with E-state index in [1.165, 1.54) is 0 Å². The molecule has 0 saturated carbocycles. The number of alkyl carbamates (subject to hydrolysis) is 1. The Morgan fingerprint density at radius 1 is 1.22 bits per heavy atom. The van der Waals surface area contributed by atoms with Gasteiger partial charge >= 0.3 is 12.1 Å². The summed E-state index contributed by atoms with van der Waals surface area (Å²) in [5, 5.41) is 11.7. The zero-order valence-electron chi connectivity index (χ0n) is 12.5. The number of rotatable bonds is 5. The van der Waals surface area contributed by atoms with Crippen LogP contribution in [0.4, 0.5) is 4.79 Å². The van der Waals surface area contributed by atoms with Crippen LogP contribution in [0.5, 0.6) is 0 Å². The van der Waals surface area contributed by atoms with Crippen LogP contribution in [-0.4, -0.2) is 17.2 Å². The fourth-order valence-electron chi connectivity index (χ4n) is 2.02. The first-order chi connectivity index (χ1) is 11.0. The molecule has 6 heteroatoms. The Kier molecular flexibility index (Phi) is 5.76. The third kappa shape index (κ3) is 4.82. The van der Waals surface area contributed by atoms with Gasteiger partial charge in [-0.05, 0) is 29.7 Å². The summed E-state index contributed by atoms with van der Waals surface area (Å²) >= 11 is 3.33. The molecule has 0 radical (unpaired) electrons. The lowest BCUT2D eigenvalue weighted by Crippen LogP contribution is -2.34. The predicted octanol–water partition coefficient (Wildman–Crippen LogP) is 3.81. The van der Waals surface area contributed by atoms with Gasteiger partial charge in [0.05, 0.1) is 0 Å². The van der Waals surface area contributed by atoms with Gasteiger partial charge in [-0.15, -0.1) is 0 Å². The lowest BCUT2D eigenvalue weighted by atomic mass is 10.1. The van der Waals surface area contributed by atoms with Gasteiger partial charge in [0.25, 0.3) is 0 Å². The molecule has 1 unspecified atom stereocenters. The van der Waals surface area contributed by atoms with Crippen molar-refractivity contribution in [3.8, 4) is 0 Å². The van der Waals surface area contributed by atoms with Crippen LogP contribution in [0.1, 0.15) is 22.7 Å². The van der Waals surface area contributed by atoms with Crippen molar-refractivity contribution < 1.29 is 19.4 Å². The third-order valence-corrected chi connectivity index (χ3v) is 3.88. The third-order valence-electron chi connectivity index (χ3n) is 3.19. The molecule has 2 N–H and O–H groups in total. The molecule has 0 spiro atoms. The highest BCUT2D eigenvalue weighted by atomic mass is 79.9. The van der Waals surface area contributed by atoms with Crippen molar-refractivity contribution in [3.05, 3.63) is 69.7 Å². The maximum Gasteiger partial charge on any atom is 0.408 e. The second-order valence-corrected chi connectivity index (χ2v) is 5.86. The van der Waals surface area contributed by atoms with Gasteiger partial charge in [0.2, 0.25) is 0 Å². The molecule has 2 rings (SSSR count). The molecule has 2 aromatic rings. The largest absolute Gasteiger partial charge is 0.479 e. The summed E-state index contributed by atoms with van der Waals surface area (Å²) in [6, 6.07) is 13.2. The fraction of sp³-hybridized carbons (Fsp3) is 0.176. The fourth-order valence-corrected chi connectivity index (χ4v) is 2.74. The van der Waals surface area contributed by atoms with Crippen LogP contribution in [0, 0.1) is 6.92 Å². The standard InChI is InChI=1S/C17H16BrNO4/c1-11-7-8-13(14(18)9-11)15(16(20)21)19-17(22)23-10-12-5-3-2-4-6-12/h2-9,15H,10H2,1H3,(H,19,22)(H,20,21). The van der Waals surface area contributed by atoms with Gasteiger partial charge in [-0.3, -0.25) is 0 Å². The van der Waals surface area contributed by atoms with Crippen LogP contribution in [0.2, 0.25) is 0 Å². The molecule has 5 nitrogen and oxygen atoms in total. The number of aryl methyl sites for hydroxylation is 1. The van der Waals surface area contributed by atoms with Gasteiger partial charge in [0.1, 0.15) is 6.61 Å². The van der Waals surface area contributed by atoms with E-state index in [0.29, 0.717) is 10.0 Å². The number of carbonyl (C=O) groups is 2. The van der Waals surface area contributed by atoms with Crippen molar-refractivity contribution in [3.63, 3.8) is 0 Å². The molecule has 1 amide bonds. The van der Waals surface area contributed by atoms with Crippen LogP contribution in [0.15, 0.2) is 53.0 Å². The van der Waals surface area contributed by atoms with Crippen LogP contribution >= 0.6 is 15.9 Å². The number of carboxylic acids is 1.